The van der Waals surface area contributed by atoms with Gasteiger partial charge in [0.05, 0.1) is 6.26 Å². The first-order chi connectivity index (χ1) is 8.78. The summed E-state index contributed by atoms with van der Waals surface area (Å²) in [6.45, 7) is 4.55. The van der Waals surface area contributed by atoms with E-state index in [-0.39, 0.29) is 12.5 Å². The Hall–Kier alpha value is -1.40. The molecule has 1 aromatic carbocycles. The van der Waals surface area contributed by atoms with Crippen molar-refractivity contribution < 1.29 is 13.2 Å². The number of nitrogens with zero attached hydrogens (tertiary/aromatic N) is 1. The molecule has 0 unspecified atom stereocenters. The monoisotopic (exact) mass is 284 g/mol. The Morgan fingerprint density at radius 3 is 2.58 bits per heavy atom. The fourth-order valence-corrected chi connectivity index (χ4v) is 2.21. The van der Waals surface area contributed by atoms with Gasteiger partial charge in [0.25, 0.3) is 0 Å². The van der Waals surface area contributed by atoms with E-state index in [1.165, 1.54) is 6.92 Å². The van der Waals surface area contributed by atoms with Crippen LogP contribution in [0.4, 0.5) is 0 Å². The summed E-state index contributed by atoms with van der Waals surface area (Å²) in [5.74, 6) is -0.0724. The van der Waals surface area contributed by atoms with Gasteiger partial charge in [0.1, 0.15) is 0 Å². The number of carbonyl (C=O) groups excluding carboxylic acids is 1. The summed E-state index contributed by atoms with van der Waals surface area (Å²) < 4.78 is 24.3. The molecule has 0 aliphatic heterocycles. The SMILES string of the molecule is CC(=O)N(CCNS(C)(=O)=O)Cc1cccc(C)c1. The zero-order chi connectivity index (χ0) is 14.5. The highest BCUT2D eigenvalue weighted by atomic mass is 32.2. The Morgan fingerprint density at radius 1 is 1.37 bits per heavy atom. The summed E-state index contributed by atoms with van der Waals surface area (Å²) in [7, 11) is -3.21. The lowest BCUT2D eigenvalue weighted by atomic mass is 10.1. The molecule has 0 aliphatic carbocycles. The van der Waals surface area contributed by atoms with Gasteiger partial charge in [-0.25, -0.2) is 13.1 Å². The third-order valence-corrected chi connectivity index (χ3v) is 3.38. The molecule has 0 aromatic heterocycles. The molecular weight excluding hydrogens is 264 g/mol. The maximum absolute atomic E-state index is 11.5. The highest BCUT2D eigenvalue weighted by molar-refractivity contribution is 7.88. The largest absolute Gasteiger partial charge is 0.337 e. The molecule has 0 atom stereocenters. The number of hydrogen-bond acceptors (Lipinski definition) is 3. The van der Waals surface area contributed by atoms with Gasteiger partial charge in [0, 0.05) is 26.6 Å². The molecule has 19 heavy (non-hydrogen) atoms. The normalized spacial score (nSPS) is 11.3. The van der Waals surface area contributed by atoms with E-state index in [1.807, 2.05) is 31.2 Å². The molecule has 1 aromatic rings. The Labute approximate surface area is 114 Å². The molecule has 0 spiro atoms. The number of nitrogens with one attached hydrogen (secondary N) is 1. The van der Waals surface area contributed by atoms with E-state index in [9.17, 15) is 13.2 Å². The summed E-state index contributed by atoms with van der Waals surface area (Å²) in [4.78, 5) is 13.2. The predicted octanol–water partition coefficient (Wildman–Crippen LogP) is 0.893. The Morgan fingerprint density at radius 2 is 2.05 bits per heavy atom. The van der Waals surface area contributed by atoms with Crippen LogP contribution in [0.15, 0.2) is 24.3 Å². The third-order valence-electron chi connectivity index (χ3n) is 2.65. The Bertz CT molecular complexity index is 541. The van der Waals surface area contributed by atoms with Crippen LogP contribution in [0.1, 0.15) is 18.1 Å². The molecule has 0 bridgehead atoms. The topological polar surface area (TPSA) is 66.5 Å². The molecule has 0 saturated heterocycles. The van der Waals surface area contributed by atoms with Crippen molar-refractivity contribution in [1.82, 2.24) is 9.62 Å². The van der Waals surface area contributed by atoms with E-state index in [1.54, 1.807) is 4.90 Å². The summed E-state index contributed by atoms with van der Waals surface area (Å²) in [6, 6.07) is 7.90. The van der Waals surface area contributed by atoms with Crippen molar-refractivity contribution >= 4 is 15.9 Å². The first kappa shape index (κ1) is 15.7. The van der Waals surface area contributed by atoms with Crippen LogP contribution in [0, 0.1) is 6.92 Å². The molecule has 0 fully saturated rings. The molecule has 1 amide bonds. The highest BCUT2D eigenvalue weighted by Crippen LogP contribution is 2.07. The van der Waals surface area contributed by atoms with Crippen molar-refractivity contribution in [2.24, 2.45) is 0 Å². The molecule has 0 saturated carbocycles. The minimum Gasteiger partial charge on any atom is -0.337 e. The standard InChI is InChI=1S/C13H20N2O3S/c1-11-5-4-6-13(9-11)10-15(12(2)16)8-7-14-19(3,17)18/h4-6,9,14H,7-8,10H2,1-3H3. The molecule has 1 N–H and O–H groups in total. The Balaban J connectivity index is 2.61. The third kappa shape index (κ3) is 6.35. The molecule has 0 radical (unpaired) electrons. The van der Waals surface area contributed by atoms with Gasteiger partial charge in [-0.2, -0.15) is 0 Å². The number of benzene rings is 1. The summed E-state index contributed by atoms with van der Waals surface area (Å²) in [5, 5.41) is 0. The quantitative estimate of drug-likeness (QED) is 0.843. The van der Waals surface area contributed by atoms with Crippen molar-refractivity contribution in [1.29, 1.82) is 0 Å². The van der Waals surface area contributed by atoms with Crippen LogP contribution in [-0.4, -0.2) is 38.6 Å². The zero-order valence-corrected chi connectivity index (χ0v) is 12.3. The van der Waals surface area contributed by atoms with E-state index in [2.05, 4.69) is 4.72 Å². The van der Waals surface area contributed by atoms with E-state index >= 15 is 0 Å². The summed E-state index contributed by atoms with van der Waals surface area (Å²) in [5.41, 5.74) is 2.17. The lowest BCUT2D eigenvalue weighted by molar-refractivity contribution is -0.129. The number of carbonyl (C=O) groups is 1. The lowest BCUT2D eigenvalue weighted by Crippen LogP contribution is -2.36. The molecular formula is C13H20N2O3S. The van der Waals surface area contributed by atoms with E-state index < -0.39 is 10.0 Å². The zero-order valence-electron chi connectivity index (χ0n) is 11.5. The maximum Gasteiger partial charge on any atom is 0.219 e. The fraction of sp³-hybridized carbons (Fsp3) is 0.462. The van der Waals surface area contributed by atoms with Crippen LogP contribution in [0.5, 0.6) is 0 Å². The van der Waals surface area contributed by atoms with Gasteiger partial charge in [-0.15, -0.1) is 0 Å². The number of rotatable bonds is 6. The number of aryl methyl sites for hydroxylation is 1. The van der Waals surface area contributed by atoms with E-state index in [0.717, 1.165) is 17.4 Å². The second-order valence-electron chi connectivity index (χ2n) is 4.60. The van der Waals surface area contributed by atoms with E-state index in [4.69, 9.17) is 0 Å². The van der Waals surface area contributed by atoms with Gasteiger partial charge in [-0.3, -0.25) is 4.79 Å². The summed E-state index contributed by atoms with van der Waals surface area (Å²) in [6.07, 6.45) is 1.10. The molecule has 0 aliphatic rings. The smallest absolute Gasteiger partial charge is 0.219 e. The second kappa shape index (κ2) is 6.68. The van der Waals surface area contributed by atoms with Gasteiger partial charge >= 0.3 is 0 Å². The van der Waals surface area contributed by atoms with Crippen molar-refractivity contribution in [2.75, 3.05) is 19.3 Å². The lowest BCUT2D eigenvalue weighted by Gasteiger charge is -2.21. The van der Waals surface area contributed by atoms with Crippen LogP contribution in [0.2, 0.25) is 0 Å². The Kier molecular flexibility index (Phi) is 5.50. The second-order valence-corrected chi connectivity index (χ2v) is 6.43. The van der Waals surface area contributed by atoms with Gasteiger partial charge in [-0.05, 0) is 12.5 Å². The van der Waals surface area contributed by atoms with Crippen LogP contribution < -0.4 is 4.72 Å². The van der Waals surface area contributed by atoms with Crippen LogP contribution in [0.25, 0.3) is 0 Å². The minimum absolute atomic E-state index is 0.0724. The molecule has 0 heterocycles. The predicted molar refractivity (Wildman–Crippen MR) is 75.1 cm³/mol. The first-order valence-corrected chi connectivity index (χ1v) is 7.93. The number of hydrogen-bond donors (Lipinski definition) is 1. The van der Waals surface area contributed by atoms with Crippen LogP contribution in [-0.2, 0) is 21.4 Å². The number of sulfonamides is 1. The van der Waals surface area contributed by atoms with Crippen molar-refractivity contribution in [3.8, 4) is 0 Å². The molecule has 106 valence electrons. The highest BCUT2D eigenvalue weighted by Gasteiger charge is 2.10. The van der Waals surface area contributed by atoms with Crippen LogP contribution >= 0.6 is 0 Å². The van der Waals surface area contributed by atoms with Crippen LogP contribution in [0.3, 0.4) is 0 Å². The molecule has 6 heteroatoms. The van der Waals surface area contributed by atoms with Crippen molar-refractivity contribution in [3.63, 3.8) is 0 Å². The summed E-state index contributed by atoms with van der Waals surface area (Å²) >= 11 is 0. The van der Waals surface area contributed by atoms with Gasteiger partial charge in [0.15, 0.2) is 0 Å². The van der Waals surface area contributed by atoms with E-state index in [0.29, 0.717) is 13.1 Å². The molecule has 5 nitrogen and oxygen atoms in total. The maximum atomic E-state index is 11.5. The van der Waals surface area contributed by atoms with Gasteiger partial charge < -0.3 is 4.90 Å². The van der Waals surface area contributed by atoms with Gasteiger partial charge in [0.2, 0.25) is 15.9 Å². The molecule has 1 rings (SSSR count). The average molecular weight is 284 g/mol. The minimum atomic E-state index is -3.21. The average Bonchev–Trinajstić information content (AvgIpc) is 2.26. The van der Waals surface area contributed by atoms with Crippen molar-refractivity contribution in [2.45, 2.75) is 20.4 Å². The van der Waals surface area contributed by atoms with Crippen molar-refractivity contribution in [3.05, 3.63) is 35.4 Å². The first-order valence-electron chi connectivity index (χ1n) is 6.03. The fourth-order valence-electron chi connectivity index (χ4n) is 1.74. The van der Waals surface area contributed by atoms with Gasteiger partial charge in [-0.1, -0.05) is 29.8 Å². The number of amides is 1.